The van der Waals surface area contributed by atoms with Crippen LogP contribution in [0.3, 0.4) is 0 Å². The number of aryl methyl sites for hydroxylation is 4. The van der Waals surface area contributed by atoms with Crippen molar-refractivity contribution in [3.8, 4) is 0 Å². The third-order valence-electron chi connectivity index (χ3n) is 10.7. The third kappa shape index (κ3) is 12.5. The molecule has 2 amide bonds. The predicted octanol–water partition coefficient (Wildman–Crippen LogP) is 8.86. The zero-order chi connectivity index (χ0) is 48.0. The Morgan fingerprint density at radius 2 is 1.09 bits per heavy atom. The monoisotopic (exact) mass is 926 g/mol. The summed E-state index contributed by atoms with van der Waals surface area (Å²) in [4.78, 5) is 50.6. The van der Waals surface area contributed by atoms with Crippen molar-refractivity contribution in [3.63, 3.8) is 0 Å². The molecule has 1 aliphatic rings. The van der Waals surface area contributed by atoms with Gasteiger partial charge in [0.25, 0.3) is 20.2 Å². The van der Waals surface area contributed by atoms with Gasteiger partial charge in [0, 0.05) is 54.0 Å². The Balaban J connectivity index is 1.56. The molecule has 0 atom stereocenters. The quantitative estimate of drug-likeness (QED) is 0.0489. The van der Waals surface area contributed by atoms with E-state index in [1.807, 2.05) is 53.7 Å². The van der Waals surface area contributed by atoms with E-state index in [1.54, 1.807) is 48.6 Å². The average Bonchev–Trinajstić information content (AvgIpc) is 3.21. The van der Waals surface area contributed by atoms with E-state index in [-0.39, 0.29) is 61.5 Å². The van der Waals surface area contributed by atoms with E-state index in [0.29, 0.717) is 56.9 Å². The molecule has 5 rings (SSSR count). The van der Waals surface area contributed by atoms with Crippen LogP contribution in [0.5, 0.6) is 0 Å². The van der Waals surface area contributed by atoms with E-state index in [9.17, 15) is 45.1 Å². The first-order chi connectivity index (χ1) is 30.4. The molecule has 0 spiro atoms. The van der Waals surface area contributed by atoms with Gasteiger partial charge in [-0.25, -0.2) is 4.99 Å². The second-order valence-corrected chi connectivity index (χ2v) is 18.5. The molecule has 0 heterocycles. The van der Waals surface area contributed by atoms with Crippen LogP contribution in [0.25, 0.3) is 5.57 Å². The molecule has 0 aromatic heterocycles. The standard InChI is InChI=1S/C47H50N4O12S2/c1-26-23-28(3)46(50-39(52)9-7-11-41(54)55)30(5)44(26)48-34-17-13-32(14-18-34)43(37-22-21-36(64(58,59)60)25-38(37)65(61,62)63)33-15-19-35(20-16-33)49-45-27(2)24-29(4)47(31(45)6)51-40(53)10-8-12-42(56)57/h13-25,48H,7-12H2,1-6H3,(H,50,52)(H,51,53)(H,54,55)(H,56,57)(H,58,59,60)(H,61,62,63). The molecule has 0 fully saturated rings. The molecular formula is C47H50N4O12S2. The average molecular weight is 927 g/mol. The second-order valence-electron chi connectivity index (χ2n) is 15.7. The molecule has 342 valence electrons. The minimum Gasteiger partial charge on any atom is -0.481 e. The summed E-state index contributed by atoms with van der Waals surface area (Å²) in [5, 5.41) is 27.1. The largest absolute Gasteiger partial charge is 0.481 e. The van der Waals surface area contributed by atoms with Crippen molar-refractivity contribution in [2.75, 3.05) is 16.0 Å². The van der Waals surface area contributed by atoms with Gasteiger partial charge in [0.1, 0.15) is 4.90 Å². The number of benzene rings is 4. The van der Waals surface area contributed by atoms with Crippen molar-refractivity contribution in [2.45, 2.75) is 89.9 Å². The topological polar surface area (TPSA) is 266 Å². The summed E-state index contributed by atoms with van der Waals surface area (Å²) >= 11 is 0. The molecule has 1 aliphatic carbocycles. The van der Waals surface area contributed by atoms with Crippen LogP contribution in [0.2, 0.25) is 0 Å². The van der Waals surface area contributed by atoms with Gasteiger partial charge in [-0.2, -0.15) is 16.8 Å². The SMILES string of the molecule is Cc1cc(C)c(NC(=O)CCCC(=O)O)c(C)c1N=C1C=CC(=C(c2ccc(Nc3c(C)cc(C)c(NC(=O)CCCC(=O)O)c3C)cc2)c2ccc(S(=O)(=O)O)cc2S(=O)(=O)O)C=C1. The van der Waals surface area contributed by atoms with Crippen molar-refractivity contribution < 1.29 is 55.3 Å². The summed E-state index contributed by atoms with van der Waals surface area (Å²) in [6.45, 7) is 11.1. The van der Waals surface area contributed by atoms with Crippen molar-refractivity contribution in [2.24, 2.45) is 4.99 Å². The number of allylic oxidation sites excluding steroid dienone is 5. The molecule has 16 nitrogen and oxygen atoms in total. The summed E-state index contributed by atoms with van der Waals surface area (Å²) in [6.07, 6.45) is 6.87. The van der Waals surface area contributed by atoms with Crippen LogP contribution in [-0.2, 0) is 39.4 Å². The number of carbonyl (C=O) groups excluding carboxylic acids is 2. The van der Waals surface area contributed by atoms with E-state index >= 15 is 0 Å². The lowest BCUT2D eigenvalue weighted by Crippen LogP contribution is -2.14. The minimum atomic E-state index is -5.08. The van der Waals surface area contributed by atoms with Gasteiger partial charge in [0.2, 0.25) is 11.8 Å². The lowest BCUT2D eigenvalue weighted by Gasteiger charge is -2.20. The number of aliphatic carboxylic acids is 2. The molecule has 4 aromatic rings. The number of anilines is 4. The molecule has 0 saturated carbocycles. The summed E-state index contributed by atoms with van der Waals surface area (Å²) in [5.74, 6) is -2.63. The van der Waals surface area contributed by atoms with Gasteiger partial charge in [0.15, 0.2) is 0 Å². The highest BCUT2D eigenvalue weighted by molar-refractivity contribution is 7.86. The van der Waals surface area contributed by atoms with Crippen molar-refractivity contribution >= 4 is 83.7 Å². The van der Waals surface area contributed by atoms with Gasteiger partial charge in [-0.1, -0.05) is 42.5 Å². The van der Waals surface area contributed by atoms with E-state index in [4.69, 9.17) is 15.2 Å². The minimum absolute atomic E-state index is 0.0244. The highest BCUT2D eigenvalue weighted by Gasteiger charge is 2.25. The molecule has 4 aromatic carbocycles. The first-order valence-corrected chi connectivity index (χ1v) is 23.2. The van der Waals surface area contributed by atoms with E-state index < -0.39 is 42.0 Å². The number of aliphatic imine (C=N–C) groups is 1. The van der Waals surface area contributed by atoms with E-state index in [1.165, 1.54) is 6.07 Å². The van der Waals surface area contributed by atoms with Crippen molar-refractivity contribution in [3.05, 3.63) is 129 Å². The molecule has 0 unspecified atom stereocenters. The van der Waals surface area contributed by atoms with E-state index in [2.05, 4.69) is 16.0 Å². The van der Waals surface area contributed by atoms with Gasteiger partial charge in [-0.3, -0.25) is 28.3 Å². The number of nitrogens with one attached hydrogen (secondary N) is 3. The van der Waals surface area contributed by atoms with Crippen LogP contribution in [0, 0.1) is 41.5 Å². The Kier molecular flexibility index (Phi) is 15.5. The summed E-state index contributed by atoms with van der Waals surface area (Å²) in [6, 6.07) is 13.5. The van der Waals surface area contributed by atoms with Gasteiger partial charge >= 0.3 is 11.9 Å². The zero-order valence-electron chi connectivity index (χ0n) is 36.6. The molecule has 7 N–H and O–H groups in total. The summed E-state index contributed by atoms with van der Waals surface area (Å²) in [7, 11) is -9.96. The van der Waals surface area contributed by atoms with Gasteiger partial charge in [0.05, 0.1) is 16.3 Å². The first kappa shape index (κ1) is 49.3. The van der Waals surface area contributed by atoms with Crippen LogP contribution < -0.4 is 16.0 Å². The fraction of sp³-hybridized carbons (Fsp3) is 0.255. The highest BCUT2D eigenvalue weighted by Crippen LogP contribution is 2.38. The van der Waals surface area contributed by atoms with Crippen LogP contribution in [-0.4, -0.2) is 65.6 Å². The molecule has 0 saturated heterocycles. The number of carbonyl (C=O) groups is 4. The van der Waals surface area contributed by atoms with Crippen molar-refractivity contribution in [1.29, 1.82) is 0 Å². The third-order valence-corrected chi connectivity index (χ3v) is 12.4. The van der Waals surface area contributed by atoms with Crippen LogP contribution in [0.15, 0.2) is 99.3 Å². The predicted molar refractivity (Wildman–Crippen MR) is 249 cm³/mol. The summed E-state index contributed by atoms with van der Waals surface area (Å²) in [5.41, 5.74) is 9.28. The zero-order valence-corrected chi connectivity index (χ0v) is 38.2. The number of nitrogens with zero attached hydrogens (tertiary/aromatic N) is 1. The molecule has 0 aliphatic heterocycles. The number of carboxylic acids is 2. The number of amides is 2. The lowest BCUT2D eigenvalue weighted by atomic mass is 9.90. The van der Waals surface area contributed by atoms with Gasteiger partial charge in [-0.15, -0.1) is 0 Å². The fourth-order valence-electron chi connectivity index (χ4n) is 7.57. The van der Waals surface area contributed by atoms with Crippen LogP contribution in [0.1, 0.15) is 83.0 Å². The maximum absolute atomic E-state index is 12.9. The summed E-state index contributed by atoms with van der Waals surface area (Å²) < 4.78 is 70.1. The number of carboxylic acid groups (broad SMARTS) is 2. The fourth-order valence-corrected chi connectivity index (χ4v) is 8.88. The second kappa shape index (κ2) is 20.4. The van der Waals surface area contributed by atoms with Gasteiger partial charge in [-0.05, 0) is 141 Å². The normalized spacial score (nSPS) is 12.5. The van der Waals surface area contributed by atoms with E-state index in [0.717, 1.165) is 33.9 Å². The number of hydrogen-bond donors (Lipinski definition) is 7. The Morgan fingerprint density at radius 3 is 1.60 bits per heavy atom. The first-order valence-electron chi connectivity index (χ1n) is 20.4. The molecular weight excluding hydrogens is 877 g/mol. The number of hydrogen-bond acceptors (Lipinski definition) is 10. The molecule has 0 bridgehead atoms. The maximum Gasteiger partial charge on any atom is 0.303 e. The van der Waals surface area contributed by atoms with Gasteiger partial charge < -0.3 is 26.2 Å². The highest BCUT2D eigenvalue weighted by atomic mass is 32.2. The Bertz CT molecular complexity index is 2930. The molecule has 65 heavy (non-hydrogen) atoms. The Morgan fingerprint density at radius 1 is 0.585 bits per heavy atom. The Hall–Kier alpha value is -6.73. The number of rotatable bonds is 17. The van der Waals surface area contributed by atoms with Crippen molar-refractivity contribution in [1.82, 2.24) is 0 Å². The lowest BCUT2D eigenvalue weighted by molar-refractivity contribution is -0.138. The molecule has 0 radical (unpaired) electrons. The molecule has 18 heteroatoms. The smallest absolute Gasteiger partial charge is 0.303 e. The Labute approximate surface area is 377 Å². The van der Waals surface area contributed by atoms with Crippen LogP contribution in [0.4, 0.5) is 28.4 Å². The van der Waals surface area contributed by atoms with Crippen LogP contribution >= 0.6 is 0 Å². The maximum atomic E-state index is 12.9.